The first-order valence-corrected chi connectivity index (χ1v) is 7.38. The SMILES string of the molecule is CCNC(COCCOC)Cc1ccc(I)cc1. The summed E-state index contributed by atoms with van der Waals surface area (Å²) in [6.45, 7) is 5.12. The zero-order chi connectivity index (χ0) is 13.2. The molecule has 0 aliphatic carbocycles. The summed E-state index contributed by atoms with van der Waals surface area (Å²) in [4.78, 5) is 0. The predicted octanol–water partition coefficient (Wildman–Crippen LogP) is 2.47. The Hall–Kier alpha value is -0.170. The molecule has 1 rings (SSSR count). The smallest absolute Gasteiger partial charge is 0.0701 e. The summed E-state index contributed by atoms with van der Waals surface area (Å²) in [5, 5.41) is 3.45. The largest absolute Gasteiger partial charge is 0.382 e. The fraction of sp³-hybridized carbons (Fsp3) is 0.571. The molecule has 0 radical (unpaired) electrons. The lowest BCUT2D eigenvalue weighted by atomic mass is 10.1. The Morgan fingerprint density at radius 3 is 2.56 bits per heavy atom. The molecular formula is C14H22INO2. The van der Waals surface area contributed by atoms with Gasteiger partial charge in [-0.15, -0.1) is 0 Å². The van der Waals surface area contributed by atoms with Crippen LogP contribution in [0.2, 0.25) is 0 Å². The molecule has 0 aromatic heterocycles. The molecule has 0 heterocycles. The topological polar surface area (TPSA) is 30.5 Å². The van der Waals surface area contributed by atoms with Gasteiger partial charge >= 0.3 is 0 Å². The maximum atomic E-state index is 5.60. The third-order valence-corrected chi connectivity index (χ3v) is 3.36. The summed E-state index contributed by atoms with van der Waals surface area (Å²) in [7, 11) is 1.69. The Morgan fingerprint density at radius 2 is 1.94 bits per heavy atom. The minimum Gasteiger partial charge on any atom is -0.382 e. The lowest BCUT2D eigenvalue weighted by molar-refractivity contribution is 0.0589. The Labute approximate surface area is 123 Å². The second-order valence-electron chi connectivity index (χ2n) is 4.15. The van der Waals surface area contributed by atoms with E-state index in [4.69, 9.17) is 9.47 Å². The minimum absolute atomic E-state index is 0.368. The van der Waals surface area contributed by atoms with Gasteiger partial charge in [0.2, 0.25) is 0 Å². The summed E-state index contributed by atoms with van der Waals surface area (Å²) >= 11 is 2.32. The van der Waals surface area contributed by atoms with Crippen LogP contribution in [0.15, 0.2) is 24.3 Å². The Kier molecular flexibility index (Phi) is 8.58. The van der Waals surface area contributed by atoms with Crippen LogP contribution in [0.3, 0.4) is 0 Å². The number of nitrogens with one attached hydrogen (secondary N) is 1. The van der Waals surface area contributed by atoms with E-state index in [0.29, 0.717) is 19.3 Å². The van der Waals surface area contributed by atoms with Crippen molar-refractivity contribution < 1.29 is 9.47 Å². The van der Waals surface area contributed by atoms with Crippen molar-refractivity contribution in [3.05, 3.63) is 33.4 Å². The maximum Gasteiger partial charge on any atom is 0.0701 e. The molecule has 1 aromatic rings. The molecule has 1 aromatic carbocycles. The average molecular weight is 363 g/mol. The van der Waals surface area contributed by atoms with Gasteiger partial charge < -0.3 is 14.8 Å². The van der Waals surface area contributed by atoms with Crippen molar-refractivity contribution in [2.24, 2.45) is 0 Å². The average Bonchev–Trinajstić information content (AvgIpc) is 2.37. The Balaban J connectivity index is 2.38. The second-order valence-corrected chi connectivity index (χ2v) is 5.40. The van der Waals surface area contributed by atoms with Crippen molar-refractivity contribution in [2.75, 3.05) is 33.5 Å². The van der Waals surface area contributed by atoms with Crippen molar-refractivity contribution in [3.63, 3.8) is 0 Å². The maximum absolute atomic E-state index is 5.60. The lowest BCUT2D eigenvalue weighted by Gasteiger charge is -2.18. The molecule has 0 saturated carbocycles. The van der Waals surface area contributed by atoms with Gasteiger partial charge in [-0.3, -0.25) is 0 Å². The van der Waals surface area contributed by atoms with Gasteiger partial charge in [0.25, 0.3) is 0 Å². The van der Waals surface area contributed by atoms with Crippen molar-refractivity contribution in [1.82, 2.24) is 5.32 Å². The molecule has 0 spiro atoms. The van der Waals surface area contributed by atoms with E-state index in [-0.39, 0.29) is 0 Å². The number of rotatable bonds is 9. The zero-order valence-corrected chi connectivity index (χ0v) is 13.3. The van der Waals surface area contributed by atoms with Gasteiger partial charge in [0.05, 0.1) is 19.8 Å². The summed E-state index contributed by atoms with van der Waals surface area (Å²) in [5.41, 5.74) is 1.34. The molecule has 0 fully saturated rings. The van der Waals surface area contributed by atoms with Gasteiger partial charge in [-0.2, -0.15) is 0 Å². The number of hydrogen-bond donors (Lipinski definition) is 1. The molecule has 0 saturated heterocycles. The fourth-order valence-electron chi connectivity index (χ4n) is 1.75. The third-order valence-electron chi connectivity index (χ3n) is 2.64. The molecule has 102 valence electrons. The molecule has 0 amide bonds. The monoisotopic (exact) mass is 363 g/mol. The van der Waals surface area contributed by atoms with E-state index in [1.54, 1.807) is 7.11 Å². The standard InChI is InChI=1S/C14H22INO2/c1-3-16-14(11-18-9-8-17-2)10-12-4-6-13(15)7-5-12/h4-7,14,16H,3,8-11H2,1-2H3. The van der Waals surface area contributed by atoms with Gasteiger partial charge in [0, 0.05) is 16.7 Å². The highest BCUT2D eigenvalue weighted by atomic mass is 127. The Morgan fingerprint density at radius 1 is 1.22 bits per heavy atom. The van der Waals surface area contributed by atoms with Crippen LogP contribution < -0.4 is 5.32 Å². The van der Waals surface area contributed by atoms with Crippen LogP contribution in [0.4, 0.5) is 0 Å². The molecule has 0 aliphatic rings. The fourth-order valence-corrected chi connectivity index (χ4v) is 2.11. The normalized spacial score (nSPS) is 12.6. The van der Waals surface area contributed by atoms with Gasteiger partial charge in [-0.05, 0) is 53.3 Å². The number of hydrogen-bond acceptors (Lipinski definition) is 3. The quantitative estimate of drug-likeness (QED) is 0.540. The predicted molar refractivity (Wildman–Crippen MR) is 83.0 cm³/mol. The molecular weight excluding hydrogens is 341 g/mol. The molecule has 0 aliphatic heterocycles. The van der Waals surface area contributed by atoms with E-state index in [2.05, 4.69) is 59.1 Å². The van der Waals surface area contributed by atoms with Gasteiger partial charge in [0.15, 0.2) is 0 Å². The van der Waals surface area contributed by atoms with Gasteiger partial charge in [-0.1, -0.05) is 19.1 Å². The van der Waals surface area contributed by atoms with Crippen molar-refractivity contribution in [3.8, 4) is 0 Å². The first-order valence-electron chi connectivity index (χ1n) is 6.30. The van der Waals surface area contributed by atoms with Crippen molar-refractivity contribution in [2.45, 2.75) is 19.4 Å². The molecule has 1 atom stereocenters. The summed E-state index contributed by atoms with van der Waals surface area (Å²) in [6.07, 6.45) is 0.998. The van der Waals surface area contributed by atoms with Crippen LogP contribution in [0.5, 0.6) is 0 Å². The number of likely N-dealkylation sites (N-methyl/N-ethyl adjacent to an activating group) is 1. The van der Waals surface area contributed by atoms with Gasteiger partial charge in [0.1, 0.15) is 0 Å². The summed E-state index contributed by atoms with van der Waals surface area (Å²) < 4.78 is 11.8. The first kappa shape index (κ1) is 15.9. The molecule has 18 heavy (non-hydrogen) atoms. The van der Waals surface area contributed by atoms with E-state index in [9.17, 15) is 0 Å². The molecule has 1 unspecified atom stereocenters. The van der Waals surface area contributed by atoms with Crippen molar-refractivity contribution in [1.29, 1.82) is 0 Å². The van der Waals surface area contributed by atoms with Crippen LogP contribution in [0, 0.1) is 3.57 Å². The highest BCUT2D eigenvalue weighted by Gasteiger charge is 2.08. The van der Waals surface area contributed by atoms with Crippen LogP contribution >= 0.6 is 22.6 Å². The number of ether oxygens (including phenoxy) is 2. The minimum atomic E-state index is 0.368. The second kappa shape index (κ2) is 9.72. The van der Waals surface area contributed by atoms with E-state index < -0.39 is 0 Å². The van der Waals surface area contributed by atoms with E-state index in [1.165, 1.54) is 9.13 Å². The van der Waals surface area contributed by atoms with Gasteiger partial charge in [-0.25, -0.2) is 0 Å². The van der Waals surface area contributed by atoms with Crippen LogP contribution in [0.25, 0.3) is 0 Å². The Bertz CT molecular complexity index is 316. The van der Waals surface area contributed by atoms with E-state index >= 15 is 0 Å². The lowest BCUT2D eigenvalue weighted by Crippen LogP contribution is -2.35. The number of halogens is 1. The van der Waals surface area contributed by atoms with E-state index in [1.807, 2.05) is 0 Å². The molecule has 1 N–H and O–H groups in total. The zero-order valence-electron chi connectivity index (χ0n) is 11.1. The summed E-state index contributed by atoms with van der Waals surface area (Å²) in [6, 6.07) is 9.02. The number of methoxy groups -OCH3 is 1. The highest BCUT2D eigenvalue weighted by Crippen LogP contribution is 2.09. The van der Waals surface area contributed by atoms with Crippen LogP contribution in [-0.2, 0) is 15.9 Å². The molecule has 0 bridgehead atoms. The molecule has 4 heteroatoms. The first-order chi connectivity index (χ1) is 8.76. The third kappa shape index (κ3) is 6.68. The van der Waals surface area contributed by atoms with Crippen LogP contribution in [-0.4, -0.2) is 39.5 Å². The van der Waals surface area contributed by atoms with Crippen molar-refractivity contribution >= 4 is 22.6 Å². The van der Waals surface area contributed by atoms with E-state index in [0.717, 1.165) is 19.6 Å². The molecule has 3 nitrogen and oxygen atoms in total. The highest BCUT2D eigenvalue weighted by molar-refractivity contribution is 14.1. The van der Waals surface area contributed by atoms with Crippen LogP contribution in [0.1, 0.15) is 12.5 Å². The summed E-state index contributed by atoms with van der Waals surface area (Å²) in [5.74, 6) is 0. The number of benzene rings is 1.